The highest BCUT2D eigenvalue weighted by molar-refractivity contribution is 6.02. The Labute approximate surface area is 210 Å². The van der Waals surface area contributed by atoms with Gasteiger partial charge in [0.05, 0.1) is 24.1 Å². The number of nitrogens with one attached hydrogen (secondary N) is 3. The lowest BCUT2D eigenvalue weighted by molar-refractivity contribution is -0.135. The van der Waals surface area contributed by atoms with E-state index in [9.17, 15) is 14.4 Å². The molecule has 4 amide bonds. The molecule has 36 heavy (non-hydrogen) atoms. The van der Waals surface area contributed by atoms with E-state index < -0.39 is 6.03 Å². The summed E-state index contributed by atoms with van der Waals surface area (Å²) in [4.78, 5) is 39.9. The molecule has 3 atom stereocenters. The number of carbonyl (C=O) groups is 3. The first-order valence-corrected chi connectivity index (χ1v) is 12.6. The number of rotatable bonds is 5. The maximum absolute atomic E-state index is 13.4. The molecule has 9 nitrogen and oxygen atoms in total. The van der Waals surface area contributed by atoms with Crippen LogP contribution in [0, 0.1) is 0 Å². The molecule has 3 aliphatic rings. The number of carbonyl (C=O) groups excluding carboxylic acids is 3. The number of anilines is 2. The quantitative estimate of drug-likeness (QED) is 0.589. The lowest BCUT2D eigenvalue weighted by atomic mass is 9.92. The maximum Gasteiger partial charge on any atom is 0.323 e. The molecule has 0 spiro atoms. The first-order chi connectivity index (χ1) is 17.5. The highest BCUT2D eigenvalue weighted by Crippen LogP contribution is 2.32. The fraction of sp³-hybridized carbons (Fsp3) is 0.444. The molecule has 3 N–H and O–H groups in total. The molecule has 5 rings (SSSR count). The Balaban J connectivity index is 1.23. The molecule has 2 aliphatic heterocycles. The van der Waals surface area contributed by atoms with Crippen LogP contribution in [0.2, 0.25) is 0 Å². The number of fused-ring (bicyclic) bond motifs is 2. The molecule has 1 saturated heterocycles. The van der Waals surface area contributed by atoms with Crippen molar-refractivity contribution in [3.05, 3.63) is 54.1 Å². The SMILES string of the molecule is CN1C(=O)c2cc(NC(=O)Nc3ccccc3)ccc2OC[C@H]2O[C@H](CC(=O)NC3CCC3)CC[C@H]21. The number of benzene rings is 2. The van der Waals surface area contributed by atoms with Crippen LogP contribution in [0.3, 0.4) is 0 Å². The van der Waals surface area contributed by atoms with Gasteiger partial charge in [-0.05, 0) is 62.4 Å². The number of likely N-dealkylation sites (N-methyl/N-ethyl adjacent to an activating group) is 1. The Hall–Kier alpha value is -3.59. The van der Waals surface area contributed by atoms with Gasteiger partial charge in [-0.25, -0.2) is 4.79 Å². The fourth-order valence-corrected chi connectivity index (χ4v) is 4.97. The first kappa shape index (κ1) is 24.1. The molecule has 190 valence electrons. The third-order valence-electron chi connectivity index (χ3n) is 7.18. The minimum Gasteiger partial charge on any atom is -0.490 e. The summed E-state index contributed by atoms with van der Waals surface area (Å²) in [6.07, 6.45) is 4.52. The molecule has 9 heteroatoms. The summed E-state index contributed by atoms with van der Waals surface area (Å²) >= 11 is 0. The monoisotopic (exact) mass is 492 g/mol. The second kappa shape index (κ2) is 10.6. The van der Waals surface area contributed by atoms with Crippen LogP contribution in [0.25, 0.3) is 0 Å². The number of amides is 4. The summed E-state index contributed by atoms with van der Waals surface area (Å²) < 4.78 is 12.3. The van der Waals surface area contributed by atoms with E-state index in [0.29, 0.717) is 41.6 Å². The Bertz CT molecular complexity index is 1120. The molecule has 0 radical (unpaired) electrons. The van der Waals surface area contributed by atoms with Crippen LogP contribution in [-0.4, -0.2) is 60.7 Å². The number of ether oxygens (including phenoxy) is 2. The lowest BCUT2D eigenvalue weighted by Crippen LogP contribution is -2.54. The zero-order valence-corrected chi connectivity index (χ0v) is 20.4. The van der Waals surface area contributed by atoms with Crippen molar-refractivity contribution in [2.24, 2.45) is 0 Å². The molecule has 1 saturated carbocycles. The van der Waals surface area contributed by atoms with Crippen LogP contribution in [0.4, 0.5) is 16.2 Å². The van der Waals surface area contributed by atoms with Gasteiger partial charge in [-0.15, -0.1) is 0 Å². The van der Waals surface area contributed by atoms with Crippen molar-refractivity contribution in [3.63, 3.8) is 0 Å². The second-order valence-electron chi connectivity index (χ2n) is 9.72. The highest BCUT2D eigenvalue weighted by atomic mass is 16.5. The van der Waals surface area contributed by atoms with E-state index in [1.165, 1.54) is 6.42 Å². The van der Waals surface area contributed by atoms with Gasteiger partial charge in [0.15, 0.2) is 0 Å². The second-order valence-corrected chi connectivity index (χ2v) is 9.72. The van der Waals surface area contributed by atoms with Crippen molar-refractivity contribution >= 4 is 29.2 Å². The zero-order chi connectivity index (χ0) is 25.1. The van der Waals surface area contributed by atoms with Gasteiger partial charge in [0.25, 0.3) is 5.91 Å². The van der Waals surface area contributed by atoms with Gasteiger partial charge in [-0.2, -0.15) is 0 Å². The van der Waals surface area contributed by atoms with Gasteiger partial charge in [0.2, 0.25) is 5.91 Å². The van der Waals surface area contributed by atoms with Crippen LogP contribution in [0.15, 0.2) is 48.5 Å². The third kappa shape index (κ3) is 5.46. The van der Waals surface area contributed by atoms with Gasteiger partial charge in [0.1, 0.15) is 18.5 Å². The molecule has 0 aromatic heterocycles. The number of hydrogen-bond acceptors (Lipinski definition) is 5. The Morgan fingerprint density at radius 2 is 1.78 bits per heavy atom. The third-order valence-corrected chi connectivity index (χ3v) is 7.18. The minimum atomic E-state index is -0.401. The average Bonchev–Trinajstić information content (AvgIpc) is 2.84. The van der Waals surface area contributed by atoms with E-state index in [1.807, 2.05) is 18.2 Å². The van der Waals surface area contributed by atoms with E-state index >= 15 is 0 Å². The molecule has 1 aliphatic carbocycles. The fourth-order valence-electron chi connectivity index (χ4n) is 4.97. The van der Waals surface area contributed by atoms with Gasteiger partial charge < -0.3 is 30.3 Å². The van der Waals surface area contributed by atoms with Crippen molar-refractivity contribution in [2.45, 2.75) is 62.8 Å². The van der Waals surface area contributed by atoms with Crippen LogP contribution >= 0.6 is 0 Å². The summed E-state index contributed by atoms with van der Waals surface area (Å²) in [6, 6.07) is 13.9. The average molecular weight is 493 g/mol. The standard InChI is InChI=1S/C27H32N4O5/c1-31-22-12-11-20(15-25(32)28-17-8-5-9-17)36-24(22)16-35-23-13-10-19(14-21(23)26(31)33)30-27(34)29-18-6-3-2-4-7-18/h2-4,6-7,10,13-14,17,20,22,24H,5,8-9,11-12,15-16H2,1H3,(H,28,32)(H2,29,30,34)/t20-,22+,24+/m0/s1. The van der Waals surface area contributed by atoms with E-state index in [1.54, 1.807) is 42.3 Å². The zero-order valence-electron chi connectivity index (χ0n) is 20.4. The molecule has 2 fully saturated rings. The number of urea groups is 1. The Morgan fingerprint density at radius 1 is 1.00 bits per heavy atom. The van der Waals surface area contributed by atoms with Crippen LogP contribution < -0.4 is 20.7 Å². The summed E-state index contributed by atoms with van der Waals surface area (Å²) in [5.41, 5.74) is 1.54. The number of nitrogens with zero attached hydrogens (tertiary/aromatic N) is 1. The van der Waals surface area contributed by atoms with Gasteiger partial charge >= 0.3 is 6.03 Å². The first-order valence-electron chi connectivity index (χ1n) is 12.6. The topological polar surface area (TPSA) is 109 Å². The van der Waals surface area contributed by atoms with Crippen molar-refractivity contribution in [2.75, 3.05) is 24.3 Å². The van der Waals surface area contributed by atoms with E-state index in [-0.39, 0.29) is 36.7 Å². The predicted octanol–water partition coefficient (Wildman–Crippen LogP) is 3.77. The molecule has 0 bridgehead atoms. The summed E-state index contributed by atoms with van der Waals surface area (Å²) in [7, 11) is 1.77. The molecule has 2 heterocycles. The molecular weight excluding hydrogens is 460 g/mol. The van der Waals surface area contributed by atoms with Crippen molar-refractivity contribution in [1.29, 1.82) is 0 Å². The van der Waals surface area contributed by atoms with Crippen LogP contribution in [0.5, 0.6) is 5.75 Å². The summed E-state index contributed by atoms with van der Waals surface area (Å²) in [6.45, 7) is 0.275. The van der Waals surface area contributed by atoms with Gasteiger partial charge in [-0.3, -0.25) is 9.59 Å². The Morgan fingerprint density at radius 3 is 2.53 bits per heavy atom. The smallest absolute Gasteiger partial charge is 0.323 e. The van der Waals surface area contributed by atoms with E-state index in [0.717, 1.165) is 19.3 Å². The highest BCUT2D eigenvalue weighted by Gasteiger charge is 2.39. The van der Waals surface area contributed by atoms with Crippen molar-refractivity contribution < 1.29 is 23.9 Å². The number of para-hydroxylation sites is 1. The van der Waals surface area contributed by atoms with Crippen LogP contribution in [0.1, 0.15) is 48.9 Å². The van der Waals surface area contributed by atoms with E-state index in [4.69, 9.17) is 9.47 Å². The van der Waals surface area contributed by atoms with Crippen molar-refractivity contribution in [1.82, 2.24) is 10.2 Å². The number of hydrogen-bond donors (Lipinski definition) is 3. The summed E-state index contributed by atoms with van der Waals surface area (Å²) in [5, 5.41) is 8.61. The summed E-state index contributed by atoms with van der Waals surface area (Å²) in [5.74, 6) is 0.269. The normalized spacial score (nSPS) is 23.6. The lowest BCUT2D eigenvalue weighted by Gasteiger charge is -2.42. The van der Waals surface area contributed by atoms with Crippen molar-refractivity contribution in [3.8, 4) is 5.75 Å². The predicted molar refractivity (Wildman–Crippen MR) is 135 cm³/mol. The van der Waals surface area contributed by atoms with Gasteiger partial charge in [-0.1, -0.05) is 18.2 Å². The molecular formula is C27H32N4O5. The molecule has 0 unspecified atom stereocenters. The molecule has 2 aromatic rings. The van der Waals surface area contributed by atoms with E-state index in [2.05, 4.69) is 16.0 Å². The van der Waals surface area contributed by atoms with Gasteiger partial charge in [0, 0.05) is 24.5 Å². The Kier molecular flexibility index (Phi) is 7.09. The molecule has 2 aromatic carbocycles. The minimum absolute atomic E-state index is 0.0287. The largest absolute Gasteiger partial charge is 0.490 e. The van der Waals surface area contributed by atoms with Crippen LogP contribution in [-0.2, 0) is 9.53 Å². The maximum atomic E-state index is 13.4.